The molecule has 0 aromatic heterocycles. The third-order valence-electron chi connectivity index (χ3n) is 2.71. The van der Waals surface area contributed by atoms with Crippen LogP contribution in [0.2, 0.25) is 0 Å². The van der Waals surface area contributed by atoms with Gasteiger partial charge in [0.05, 0.1) is 22.7 Å². The normalized spacial score (nSPS) is 20.4. The summed E-state index contributed by atoms with van der Waals surface area (Å²) in [5.74, 6) is -0.782. The van der Waals surface area contributed by atoms with Gasteiger partial charge >= 0.3 is 0 Å². The third kappa shape index (κ3) is 2.66. The smallest absolute Gasteiger partial charge is 0.257 e. The van der Waals surface area contributed by atoms with Crippen molar-refractivity contribution in [3.63, 3.8) is 0 Å². The van der Waals surface area contributed by atoms with E-state index in [4.69, 9.17) is 4.74 Å². The molecule has 1 aliphatic rings. The second-order valence-corrected chi connectivity index (χ2v) is 4.89. The van der Waals surface area contributed by atoms with E-state index >= 15 is 0 Å². The first-order valence-electron chi connectivity index (χ1n) is 5.44. The SMILES string of the molecule is CC1CN(C(=O)c2cccc(Br)c2F)CCO1. The number of ether oxygens (including phenoxy) is 1. The summed E-state index contributed by atoms with van der Waals surface area (Å²) < 4.78 is 19.4. The maximum atomic E-state index is 13.8. The standard InChI is InChI=1S/C12H13BrFNO2/c1-8-7-15(5-6-17-8)12(16)9-3-2-4-10(13)11(9)14/h2-4,8H,5-7H2,1H3. The van der Waals surface area contributed by atoms with Crippen LogP contribution in [0.5, 0.6) is 0 Å². The zero-order valence-corrected chi connectivity index (χ0v) is 11.0. The number of nitrogens with zero attached hydrogens (tertiary/aromatic N) is 1. The fourth-order valence-corrected chi connectivity index (χ4v) is 2.21. The molecule has 1 fully saturated rings. The van der Waals surface area contributed by atoms with Crippen LogP contribution in [0.25, 0.3) is 0 Å². The quantitative estimate of drug-likeness (QED) is 0.797. The van der Waals surface area contributed by atoms with Crippen molar-refractivity contribution in [2.45, 2.75) is 13.0 Å². The summed E-state index contributed by atoms with van der Waals surface area (Å²) in [6.07, 6.45) is 0.00270. The molecule has 92 valence electrons. The van der Waals surface area contributed by atoms with Crippen LogP contribution in [0.3, 0.4) is 0 Å². The number of carbonyl (C=O) groups is 1. The van der Waals surface area contributed by atoms with Crippen LogP contribution in [0.4, 0.5) is 4.39 Å². The molecule has 1 aromatic rings. The van der Waals surface area contributed by atoms with Crippen molar-refractivity contribution >= 4 is 21.8 Å². The Morgan fingerprint density at radius 3 is 3.06 bits per heavy atom. The van der Waals surface area contributed by atoms with Gasteiger partial charge in [-0.1, -0.05) is 6.07 Å². The van der Waals surface area contributed by atoms with E-state index < -0.39 is 5.82 Å². The average Bonchev–Trinajstić information content (AvgIpc) is 2.32. The van der Waals surface area contributed by atoms with Crippen molar-refractivity contribution in [3.8, 4) is 0 Å². The Labute approximate surface area is 108 Å². The Bertz CT molecular complexity index is 439. The molecule has 1 heterocycles. The third-order valence-corrected chi connectivity index (χ3v) is 3.32. The van der Waals surface area contributed by atoms with Gasteiger partial charge < -0.3 is 9.64 Å². The van der Waals surface area contributed by atoms with Gasteiger partial charge in [-0.3, -0.25) is 4.79 Å². The lowest BCUT2D eigenvalue weighted by Gasteiger charge is -2.31. The zero-order chi connectivity index (χ0) is 12.4. The van der Waals surface area contributed by atoms with E-state index in [0.717, 1.165) is 0 Å². The number of carbonyl (C=O) groups excluding carboxylic acids is 1. The molecule has 2 rings (SSSR count). The number of hydrogen-bond acceptors (Lipinski definition) is 2. The van der Waals surface area contributed by atoms with Crippen LogP contribution >= 0.6 is 15.9 Å². The predicted molar refractivity (Wildman–Crippen MR) is 65.4 cm³/mol. The van der Waals surface area contributed by atoms with Gasteiger partial charge in [-0.15, -0.1) is 0 Å². The van der Waals surface area contributed by atoms with Crippen molar-refractivity contribution in [1.82, 2.24) is 4.90 Å². The number of halogens is 2. The van der Waals surface area contributed by atoms with Crippen LogP contribution in [-0.2, 0) is 4.74 Å². The second kappa shape index (κ2) is 5.14. The van der Waals surface area contributed by atoms with Crippen molar-refractivity contribution in [1.29, 1.82) is 0 Å². The van der Waals surface area contributed by atoms with Crippen molar-refractivity contribution in [2.75, 3.05) is 19.7 Å². The predicted octanol–water partition coefficient (Wildman–Crippen LogP) is 2.45. The molecule has 1 aromatic carbocycles. The Kier molecular flexibility index (Phi) is 3.79. The van der Waals surface area contributed by atoms with E-state index in [2.05, 4.69) is 15.9 Å². The zero-order valence-electron chi connectivity index (χ0n) is 9.45. The maximum absolute atomic E-state index is 13.8. The van der Waals surface area contributed by atoms with Crippen molar-refractivity contribution in [2.24, 2.45) is 0 Å². The first-order valence-corrected chi connectivity index (χ1v) is 6.24. The lowest BCUT2D eigenvalue weighted by atomic mass is 10.1. The molecule has 0 radical (unpaired) electrons. The molecule has 1 saturated heterocycles. The second-order valence-electron chi connectivity index (χ2n) is 4.03. The van der Waals surface area contributed by atoms with Gasteiger partial charge in [0, 0.05) is 13.1 Å². The lowest BCUT2D eigenvalue weighted by molar-refractivity contribution is -0.0125. The minimum Gasteiger partial charge on any atom is -0.375 e. The molecule has 3 nitrogen and oxygen atoms in total. The molecule has 5 heteroatoms. The van der Waals surface area contributed by atoms with Gasteiger partial charge in [-0.25, -0.2) is 4.39 Å². The molecule has 1 atom stereocenters. The molecular formula is C12H13BrFNO2. The number of morpholine rings is 1. The molecule has 17 heavy (non-hydrogen) atoms. The highest BCUT2D eigenvalue weighted by Gasteiger charge is 2.24. The molecule has 0 spiro atoms. The first-order chi connectivity index (χ1) is 8.09. The summed E-state index contributed by atoms with van der Waals surface area (Å²) in [4.78, 5) is 13.8. The number of amides is 1. The van der Waals surface area contributed by atoms with Gasteiger partial charge in [0.2, 0.25) is 0 Å². The molecule has 1 amide bonds. The molecule has 0 aliphatic carbocycles. The Balaban J connectivity index is 2.22. The van der Waals surface area contributed by atoms with E-state index in [0.29, 0.717) is 24.2 Å². The minimum absolute atomic E-state index is 0.00270. The topological polar surface area (TPSA) is 29.5 Å². The largest absolute Gasteiger partial charge is 0.375 e. The Morgan fingerprint density at radius 2 is 2.35 bits per heavy atom. The van der Waals surface area contributed by atoms with Crippen LogP contribution in [0.1, 0.15) is 17.3 Å². The summed E-state index contributed by atoms with van der Waals surface area (Å²) in [7, 11) is 0. The molecule has 1 unspecified atom stereocenters. The monoisotopic (exact) mass is 301 g/mol. The van der Waals surface area contributed by atoms with E-state index in [1.807, 2.05) is 6.92 Å². The minimum atomic E-state index is -0.503. The number of rotatable bonds is 1. The molecule has 0 N–H and O–H groups in total. The highest BCUT2D eigenvalue weighted by Crippen LogP contribution is 2.20. The molecule has 1 aliphatic heterocycles. The Hall–Kier alpha value is -0.940. The summed E-state index contributed by atoms with van der Waals surface area (Å²) in [6.45, 7) is 3.42. The van der Waals surface area contributed by atoms with E-state index in [-0.39, 0.29) is 17.6 Å². The molecule has 0 bridgehead atoms. The van der Waals surface area contributed by atoms with Crippen LogP contribution in [0, 0.1) is 5.82 Å². The van der Waals surface area contributed by atoms with Crippen LogP contribution in [0.15, 0.2) is 22.7 Å². The van der Waals surface area contributed by atoms with Gasteiger partial charge in [0.1, 0.15) is 5.82 Å². The highest BCUT2D eigenvalue weighted by atomic mass is 79.9. The molecular weight excluding hydrogens is 289 g/mol. The first kappa shape index (κ1) is 12.5. The van der Waals surface area contributed by atoms with E-state index in [1.54, 1.807) is 17.0 Å². The number of benzene rings is 1. The van der Waals surface area contributed by atoms with Gasteiger partial charge in [-0.2, -0.15) is 0 Å². The van der Waals surface area contributed by atoms with E-state index in [1.165, 1.54) is 6.07 Å². The average molecular weight is 302 g/mol. The Morgan fingerprint density at radius 1 is 1.59 bits per heavy atom. The van der Waals surface area contributed by atoms with Gasteiger partial charge in [0.25, 0.3) is 5.91 Å². The van der Waals surface area contributed by atoms with E-state index in [9.17, 15) is 9.18 Å². The maximum Gasteiger partial charge on any atom is 0.257 e. The van der Waals surface area contributed by atoms with Gasteiger partial charge in [-0.05, 0) is 35.0 Å². The highest BCUT2D eigenvalue weighted by molar-refractivity contribution is 9.10. The fourth-order valence-electron chi connectivity index (χ4n) is 1.84. The summed E-state index contributed by atoms with van der Waals surface area (Å²) in [5, 5.41) is 0. The van der Waals surface area contributed by atoms with Crippen molar-refractivity contribution in [3.05, 3.63) is 34.1 Å². The molecule has 0 saturated carbocycles. The summed E-state index contributed by atoms with van der Waals surface area (Å²) in [6, 6.07) is 4.74. The fraction of sp³-hybridized carbons (Fsp3) is 0.417. The van der Waals surface area contributed by atoms with Gasteiger partial charge in [0.15, 0.2) is 0 Å². The lowest BCUT2D eigenvalue weighted by Crippen LogP contribution is -2.44. The van der Waals surface area contributed by atoms with Crippen LogP contribution < -0.4 is 0 Å². The number of hydrogen-bond donors (Lipinski definition) is 0. The summed E-state index contributed by atoms with van der Waals surface area (Å²) >= 11 is 3.08. The van der Waals surface area contributed by atoms with Crippen molar-refractivity contribution < 1.29 is 13.9 Å². The van der Waals surface area contributed by atoms with Crippen LogP contribution in [-0.4, -0.2) is 36.6 Å². The summed E-state index contributed by atoms with van der Waals surface area (Å²) in [5.41, 5.74) is 0.105.